The van der Waals surface area contributed by atoms with E-state index in [-0.39, 0.29) is 22.7 Å². The minimum absolute atomic E-state index is 0.0167. The zero-order valence-electron chi connectivity index (χ0n) is 11.3. The first-order valence-electron chi connectivity index (χ1n) is 6.49. The largest absolute Gasteiger partial charge is 0.384 e. The maximum atomic E-state index is 14.2. The molecule has 1 atom stereocenters. The van der Waals surface area contributed by atoms with Gasteiger partial charge in [0.1, 0.15) is 17.6 Å². The molecule has 0 aliphatic carbocycles. The number of allylic oxidation sites excluding steroid dienone is 1. The molecular weight excluding hydrogens is 307 g/mol. The van der Waals surface area contributed by atoms with Crippen LogP contribution in [0.1, 0.15) is 11.5 Å². The SMILES string of the molecule is N#CC1=C(N)N2CCSC2=C([N+](=O)[O-])C1c1ccccc1F. The molecule has 1 fully saturated rings. The fraction of sp³-hybridized carbons (Fsp3) is 0.214. The van der Waals surface area contributed by atoms with Crippen LogP contribution in [-0.2, 0) is 0 Å². The zero-order chi connectivity index (χ0) is 15.9. The lowest BCUT2D eigenvalue weighted by Gasteiger charge is -2.29. The number of rotatable bonds is 2. The van der Waals surface area contributed by atoms with E-state index in [0.717, 1.165) is 0 Å². The molecule has 3 rings (SSSR count). The van der Waals surface area contributed by atoms with Crippen LogP contribution in [-0.4, -0.2) is 22.1 Å². The van der Waals surface area contributed by atoms with E-state index in [1.807, 2.05) is 6.07 Å². The van der Waals surface area contributed by atoms with Gasteiger partial charge in [-0.25, -0.2) is 4.39 Å². The van der Waals surface area contributed by atoms with E-state index in [2.05, 4.69) is 0 Å². The topological polar surface area (TPSA) is 96.2 Å². The molecule has 2 heterocycles. The number of nitrogens with zero attached hydrogens (tertiary/aromatic N) is 3. The number of hydrogen-bond donors (Lipinski definition) is 1. The van der Waals surface area contributed by atoms with E-state index < -0.39 is 16.7 Å². The normalized spacial score (nSPS) is 20.9. The number of fused-ring (bicyclic) bond motifs is 1. The highest BCUT2D eigenvalue weighted by Crippen LogP contribution is 2.46. The van der Waals surface area contributed by atoms with Crippen molar-refractivity contribution >= 4 is 11.8 Å². The lowest BCUT2D eigenvalue weighted by atomic mass is 9.86. The Morgan fingerprint density at radius 1 is 1.50 bits per heavy atom. The Bertz CT molecular complexity index is 768. The monoisotopic (exact) mass is 318 g/mol. The molecule has 0 amide bonds. The second-order valence-electron chi connectivity index (χ2n) is 4.81. The molecule has 1 aromatic rings. The van der Waals surface area contributed by atoms with Crippen molar-refractivity contribution in [2.24, 2.45) is 5.73 Å². The van der Waals surface area contributed by atoms with Gasteiger partial charge in [-0.05, 0) is 6.07 Å². The Labute approximate surface area is 129 Å². The van der Waals surface area contributed by atoms with Gasteiger partial charge >= 0.3 is 0 Å². The van der Waals surface area contributed by atoms with Crippen molar-refractivity contribution in [2.75, 3.05) is 12.3 Å². The quantitative estimate of drug-likeness (QED) is 0.662. The predicted molar refractivity (Wildman–Crippen MR) is 79.2 cm³/mol. The van der Waals surface area contributed by atoms with Crippen LogP contribution < -0.4 is 5.73 Å². The molecule has 1 saturated heterocycles. The lowest BCUT2D eigenvalue weighted by Crippen LogP contribution is -2.34. The average Bonchev–Trinajstić information content (AvgIpc) is 2.96. The van der Waals surface area contributed by atoms with Gasteiger partial charge in [0, 0.05) is 17.9 Å². The highest BCUT2D eigenvalue weighted by atomic mass is 32.2. The molecule has 6 nitrogen and oxygen atoms in total. The van der Waals surface area contributed by atoms with Gasteiger partial charge in [0.2, 0.25) is 0 Å². The second kappa shape index (κ2) is 5.35. The van der Waals surface area contributed by atoms with Crippen LogP contribution in [0.4, 0.5) is 4.39 Å². The Kier molecular flexibility index (Phi) is 3.50. The number of nitrogens with two attached hydrogens (primary N) is 1. The summed E-state index contributed by atoms with van der Waals surface area (Å²) in [6, 6.07) is 7.67. The summed E-state index contributed by atoms with van der Waals surface area (Å²) in [5, 5.41) is 21.4. The fourth-order valence-electron chi connectivity index (χ4n) is 2.73. The van der Waals surface area contributed by atoms with Gasteiger partial charge in [-0.2, -0.15) is 5.26 Å². The van der Waals surface area contributed by atoms with Gasteiger partial charge in [0.05, 0.1) is 16.6 Å². The van der Waals surface area contributed by atoms with E-state index in [1.54, 1.807) is 11.0 Å². The highest BCUT2D eigenvalue weighted by Gasteiger charge is 2.45. The van der Waals surface area contributed by atoms with Crippen molar-refractivity contribution in [3.63, 3.8) is 0 Å². The van der Waals surface area contributed by atoms with Crippen molar-refractivity contribution in [1.29, 1.82) is 5.26 Å². The van der Waals surface area contributed by atoms with Crippen LogP contribution in [0.25, 0.3) is 0 Å². The number of thioether (sulfide) groups is 1. The van der Waals surface area contributed by atoms with Gasteiger partial charge in [-0.15, -0.1) is 0 Å². The first-order valence-corrected chi connectivity index (χ1v) is 7.48. The maximum Gasteiger partial charge on any atom is 0.289 e. The van der Waals surface area contributed by atoms with Crippen molar-refractivity contribution < 1.29 is 9.31 Å². The van der Waals surface area contributed by atoms with Crippen molar-refractivity contribution in [2.45, 2.75) is 5.92 Å². The molecule has 1 unspecified atom stereocenters. The van der Waals surface area contributed by atoms with E-state index in [0.29, 0.717) is 17.3 Å². The molecule has 2 aliphatic heterocycles. The Hall–Kier alpha value is -2.53. The summed E-state index contributed by atoms with van der Waals surface area (Å²) in [5.74, 6) is -0.875. The molecule has 8 heteroatoms. The summed E-state index contributed by atoms with van der Waals surface area (Å²) >= 11 is 1.30. The number of nitriles is 1. The fourth-order valence-corrected chi connectivity index (χ4v) is 3.88. The molecule has 2 N–H and O–H groups in total. The van der Waals surface area contributed by atoms with Gasteiger partial charge in [0.25, 0.3) is 5.70 Å². The number of benzene rings is 1. The number of hydrogen-bond acceptors (Lipinski definition) is 6. The first kappa shape index (κ1) is 14.4. The van der Waals surface area contributed by atoms with Gasteiger partial charge in [-0.3, -0.25) is 10.1 Å². The van der Waals surface area contributed by atoms with Crippen LogP contribution in [0.2, 0.25) is 0 Å². The first-order chi connectivity index (χ1) is 10.6. The van der Waals surface area contributed by atoms with Gasteiger partial charge in [-0.1, -0.05) is 30.0 Å². The van der Waals surface area contributed by atoms with E-state index >= 15 is 0 Å². The standard InChI is InChI=1S/C14H11FN4O2S/c15-10-4-2-1-3-8(10)11-9(7-16)13(17)18-5-6-22-14(18)12(11)19(20)21/h1-4,11H,5-6,17H2. The molecule has 0 spiro atoms. The molecule has 1 aromatic carbocycles. The number of nitro groups is 1. The van der Waals surface area contributed by atoms with Gasteiger partial charge in [0.15, 0.2) is 5.03 Å². The number of halogens is 1. The second-order valence-corrected chi connectivity index (χ2v) is 5.90. The lowest BCUT2D eigenvalue weighted by molar-refractivity contribution is -0.431. The molecule has 0 saturated carbocycles. The smallest absolute Gasteiger partial charge is 0.289 e. The van der Waals surface area contributed by atoms with Crippen molar-refractivity contribution in [1.82, 2.24) is 4.90 Å². The molecule has 0 radical (unpaired) electrons. The minimum Gasteiger partial charge on any atom is -0.384 e. The van der Waals surface area contributed by atoms with E-state index in [4.69, 9.17) is 5.73 Å². The molecule has 2 aliphatic rings. The van der Waals surface area contributed by atoms with Crippen LogP contribution in [0, 0.1) is 27.3 Å². The Morgan fingerprint density at radius 2 is 2.23 bits per heavy atom. The third kappa shape index (κ3) is 2.02. The highest BCUT2D eigenvalue weighted by molar-refractivity contribution is 8.03. The van der Waals surface area contributed by atoms with E-state index in [1.165, 1.54) is 30.0 Å². The Balaban J connectivity index is 2.28. The van der Waals surface area contributed by atoms with Crippen LogP contribution >= 0.6 is 11.8 Å². The molecule has 22 heavy (non-hydrogen) atoms. The maximum absolute atomic E-state index is 14.2. The van der Waals surface area contributed by atoms with Crippen LogP contribution in [0.5, 0.6) is 0 Å². The van der Waals surface area contributed by atoms with Crippen molar-refractivity contribution in [3.05, 3.63) is 67.9 Å². The third-order valence-corrected chi connectivity index (χ3v) is 4.77. The molecule has 112 valence electrons. The van der Waals surface area contributed by atoms with Crippen LogP contribution in [0.3, 0.4) is 0 Å². The summed E-state index contributed by atoms with van der Waals surface area (Å²) in [5.41, 5.74) is 5.93. The molecule has 0 aromatic heterocycles. The average molecular weight is 318 g/mol. The summed E-state index contributed by atoms with van der Waals surface area (Å²) in [6.45, 7) is 0.498. The third-order valence-electron chi connectivity index (χ3n) is 3.68. The predicted octanol–water partition coefficient (Wildman–Crippen LogP) is 2.11. The zero-order valence-corrected chi connectivity index (χ0v) is 12.1. The summed E-state index contributed by atoms with van der Waals surface area (Å²) in [6.07, 6.45) is 0. The molecule has 0 bridgehead atoms. The summed E-state index contributed by atoms with van der Waals surface area (Å²) in [7, 11) is 0. The summed E-state index contributed by atoms with van der Waals surface area (Å²) in [4.78, 5) is 12.6. The van der Waals surface area contributed by atoms with E-state index in [9.17, 15) is 19.8 Å². The minimum atomic E-state index is -1.09. The molecular formula is C14H11FN4O2S. The summed E-state index contributed by atoms with van der Waals surface area (Å²) < 4.78 is 14.2. The van der Waals surface area contributed by atoms with Crippen molar-refractivity contribution in [3.8, 4) is 6.07 Å². The van der Waals surface area contributed by atoms with Gasteiger partial charge < -0.3 is 10.6 Å². The Morgan fingerprint density at radius 3 is 2.86 bits per heavy atom. The van der Waals surface area contributed by atoms with Crippen LogP contribution in [0.15, 0.2) is 46.4 Å².